The SMILES string of the molecule is OCC1C2C=CC(C2)C1CO.OCC1C2C=CC(C2)C1O.OCCC1C2C=CC(C2)C1CCO.OCCC1C2C=CC(C2)C1CO.OCCCC1C2C=CC(C2)C1CO.OCCCCC1C2C=CC(C2)C1O. The second-order valence-corrected chi connectivity index (χ2v) is 23.8. The maximum absolute atomic E-state index is 9.86. The third kappa shape index (κ3) is 13.2. The topological polar surface area (TPSA) is 243 Å². The quantitative estimate of drug-likeness (QED) is 0.0636. The zero-order valence-corrected chi connectivity index (χ0v) is 43.1. The first-order valence-corrected chi connectivity index (χ1v) is 28.7. The van der Waals surface area contributed by atoms with Crippen LogP contribution >= 0.6 is 0 Å². The molecule has 0 aromatic rings. The standard InChI is InChI=1S/3C11H18O2.C10H16O2.C9H14O2.C8H12O2/c12-5-3-10-8-1-2-9(7-8)11(10)4-6-13;12-5-1-2-10-8-3-4-9(6-8)11(10)7-13;12-6-2-1-3-10-8-4-5-9(7-8)11(10)13;11-4-3-9-7-1-2-8(5-7)10(9)6-12;10-4-8-6-1-2-7(3-6)9(8)5-11;9-4-7-5-1-2-6(3-5)8(7)10/h1-2,8-13H,3-7H2;3-4,8-13H,1-2,5-7H2;4-5,8-13H,1-3,6-7H2;1-2,7-12H,3-6H2;1-2,6-11H,3-5H2;1-2,5-10H,3-4H2. The van der Waals surface area contributed by atoms with Gasteiger partial charge in [-0.2, -0.15) is 0 Å². The van der Waals surface area contributed by atoms with Crippen LogP contribution in [0.5, 0.6) is 0 Å². The molecule has 0 amide bonds. The highest BCUT2D eigenvalue weighted by Crippen LogP contribution is 2.53. The van der Waals surface area contributed by atoms with Crippen molar-refractivity contribution in [3.63, 3.8) is 0 Å². The van der Waals surface area contributed by atoms with Crippen LogP contribution in [0.15, 0.2) is 72.9 Å². The molecule has 0 aromatic heterocycles. The predicted octanol–water partition coefficient (Wildman–Crippen LogP) is 5.08. The largest absolute Gasteiger partial charge is 0.396 e. The third-order valence-electron chi connectivity index (χ3n) is 20.4. The maximum atomic E-state index is 9.86. The van der Waals surface area contributed by atoms with Gasteiger partial charge in [-0.05, 0) is 196 Å². The van der Waals surface area contributed by atoms with Crippen molar-refractivity contribution in [2.24, 2.45) is 130 Å². The fourth-order valence-electron chi connectivity index (χ4n) is 16.6. The van der Waals surface area contributed by atoms with Crippen LogP contribution in [-0.4, -0.2) is 140 Å². The van der Waals surface area contributed by atoms with E-state index in [4.69, 9.17) is 46.0 Å². The van der Waals surface area contributed by atoms with E-state index < -0.39 is 0 Å². The highest BCUT2D eigenvalue weighted by atomic mass is 16.3. The lowest BCUT2D eigenvalue weighted by molar-refractivity contribution is 0.0598. The highest BCUT2D eigenvalue weighted by Gasteiger charge is 2.47. The van der Waals surface area contributed by atoms with E-state index in [1.165, 1.54) is 19.3 Å². The van der Waals surface area contributed by atoms with Crippen LogP contribution in [0.4, 0.5) is 0 Å². The summed E-state index contributed by atoms with van der Waals surface area (Å²) in [5, 5.41) is 109. The third-order valence-corrected chi connectivity index (χ3v) is 20.4. The van der Waals surface area contributed by atoms with Crippen LogP contribution in [0, 0.1) is 130 Å². The van der Waals surface area contributed by atoms with Crippen LogP contribution in [0.25, 0.3) is 0 Å². The zero-order valence-electron chi connectivity index (χ0n) is 43.1. The molecule has 12 aliphatic carbocycles. The molecule has 0 radical (unpaired) electrons. The van der Waals surface area contributed by atoms with Crippen LogP contribution in [0.1, 0.15) is 89.9 Å². The molecule has 0 aromatic carbocycles. The van der Waals surface area contributed by atoms with Crippen LogP contribution < -0.4 is 0 Å². The van der Waals surface area contributed by atoms with E-state index in [1.807, 2.05) is 0 Å². The van der Waals surface area contributed by atoms with Crippen molar-refractivity contribution in [1.29, 1.82) is 0 Å². The molecule has 6 saturated carbocycles. The summed E-state index contributed by atoms with van der Waals surface area (Å²) < 4.78 is 0. The number of unbranched alkanes of at least 4 members (excludes halogenated alkanes) is 1. The minimum absolute atomic E-state index is 0.103. The van der Waals surface area contributed by atoms with Gasteiger partial charge >= 0.3 is 0 Å². The lowest BCUT2D eigenvalue weighted by Crippen LogP contribution is -2.27. The van der Waals surface area contributed by atoms with Gasteiger partial charge in [-0.3, -0.25) is 0 Å². The summed E-state index contributed by atoms with van der Waals surface area (Å²) in [6.45, 7) is 2.63. The van der Waals surface area contributed by atoms with Crippen LogP contribution in [0.3, 0.4) is 0 Å². The molecule has 72 heavy (non-hydrogen) atoms. The Bertz CT molecular complexity index is 1740. The van der Waals surface area contributed by atoms with Crippen molar-refractivity contribution < 1.29 is 61.3 Å². The molecule has 12 heteroatoms. The Morgan fingerprint density at radius 3 is 0.736 bits per heavy atom. The minimum atomic E-state index is -0.278. The molecule has 0 aliphatic heterocycles. The smallest absolute Gasteiger partial charge is 0.0658 e. The number of hydrogen-bond donors (Lipinski definition) is 12. The number of aliphatic hydroxyl groups is 12. The first-order valence-electron chi connectivity index (χ1n) is 28.7. The van der Waals surface area contributed by atoms with Gasteiger partial charge in [0.15, 0.2) is 0 Å². The van der Waals surface area contributed by atoms with Gasteiger partial charge < -0.3 is 61.3 Å². The van der Waals surface area contributed by atoms with Crippen molar-refractivity contribution >= 4 is 0 Å². The molecule has 0 saturated heterocycles. The zero-order chi connectivity index (χ0) is 51.3. The van der Waals surface area contributed by atoms with Gasteiger partial charge in [0.2, 0.25) is 0 Å². The van der Waals surface area contributed by atoms with Gasteiger partial charge in [0.1, 0.15) is 0 Å². The lowest BCUT2D eigenvalue weighted by Gasteiger charge is -2.26. The molecule has 12 aliphatic rings. The summed E-state index contributed by atoms with van der Waals surface area (Å²) in [6.07, 6.45) is 41.0. The lowest BCUT2D eigenvalue weighted by atomic mass is 9.79. The first kappa shape index (κ1) is 57.7. The van der Waals surface area contributed by atoms with Crippen molar-refractivity contribution in [3.8, 4) is 0 Å². The van der Waals surface area contributed by atoms with E-state index in [0.29, 0.717) is 144 Å². The molecule has 12 bridgehead atoms. The fraction of sp³-hybridized carbons (Fsp3) is 0.800. The Hall–Kier alpha value is -2.04. The molecule has 408 valence electrons. The van der Waals surface area contributed by atoms with Crippen LogP contribution in [-0.2, 0) is 0 Å². The molecule has 12 N–H and O–H groups in total. The second kappa shape index (κ2) is 28.4. The summed E-state index contributed by atoms with van der Waals surface area (Å²) >= 11 is 0. The molecular weight excluding hydrogens is 913 g/mol. The molecule has 0 spiro atoms. The highest BCUT2D eigenvalue weighted by molar-refractivity contribution is 5.17. The first-order chi connectivity index (χ1) is 35.1. The average Bonchev–Trinajstić information content (AvgIpc) is 4.25. The number of aliphatic hydroxyl groups excluding tert-OH is 12. The Kier molecular flexibility index (Phi) is 22.7. The van der Waals surface area contributed by atoms with E-state index in [9.17, 15) is 15.3 Å². The summed E-state index contributed by atoms with van der Waals surface area (Å²) in [5.41, 5.74) is 0. The van der Waals surface area contributed by atoms with Crippen LogP contribution in [0.2, 0.25) is 0 Å². The average molecular weight is 1010 g/mol. The number of fused-ring (bicyclic) bond motifs is 12. The Labute approximate surface area is 431 Å². The number of allylic oxidation sites excluding steroid dienone is 10. The molecule has 6 fully saturated rings. The van der Waals surface area contributed by atoms with Crippen molar-refractivity contribution in [2.45, 2.75) is 102 Å². The summed E-state index contributed by atoms with van der Waals surface area (Å²) in [6, 6.07) is 0. The molecule has 12 rings (SSSR count). The minimum Gasteiger partial charge on any atom is -0.396 e. The summed E-state index contributed by atoms with van der Waals surface area (Å²) in [4.78, 5) is 0. The van der Waals surface area contributed by atoms with Gasteiger partial charge in [0, 0.05) is 83.8 Å². The van der Waals surface area contributed by atoms with E-state index >= 15 is 0 Å². The molecule has 24 unspecified atom stereocenters. The van der Waals surface area contributed by atoms with Crippen molar-refractivity contribution in [2.75, 3.05) is 66.1 Å². The van der Waals surface area contributed by atoms with Gasteiger partial charge in [0.05, 0.1) is 12.2 Å². The van der Waals surface area contributed by atoms with Crippen molar-refractivity contribution in [3.05, 3.63) is 72.9 Å². The van der Waals surface area contributed by atoms with Gasteiger partial charge in [-0.25, -0.2) is 0 Å². The second-order valence-electron chi connectivity index (χ2n) is 23.8. The Morgan fingerprint density at radius 2 is 0.458 bits per heavy atom. The summed E-state index contributed by atoms with van der Waals surface area (Å²) in [7, 11) is 0. The Morgan fingerprint density at radius 1 is 0.222 bits per heavy atom. The molecule has 24 atom stereocenters. The molecule has 0 heterocycles. The summed E-state index contributed by atoms with van der Waals surface area (Å²) in [5.74, 6) is 11.4. The maximum Gasteiger partial charge on any atom is 0.0658 e. The van der Waals surface area contributed by atoms with E-state index in [-0.39, 0.29) is 64.4 Å². The monoisotopic (exact) mass is 1010 g/mol. The number of rotatable bonds is 18. The Balaban J connectivity index is 0.000000127. The van der Waals surface area contributed by atoms with Crippen molar-refractivity contribution in [1.82, 2.24) is 0 Å². The van der Waals surface area contributed by atoms with E-state index in [0.717, 1.165) is 70.6 Å². The van der Waals surface area contributed by atoms with Gasteiger partial charge in [-0.15, -0.1) is 0 Å². The molecular formula is C60H96O12. The van der Waals surface area contributed by atoms with E-state index in [1.54, 1.807) is 0 Å². The predicted molar refractivity (Wildman–Crippen MR) is 279 cm³/mol. The molecule has 12 nitrogen and oxygen atoms in total. The van der Waals surface area contributed by atoms with Gasteiger partial charge in [-0.1, -0.05) is 79.3 Å². The number of hydrogen-bond acceptors (Lipinski definition) is 12. The van der Waals surface area contributed by atoms with Gasteiger partial charge in [0.25, 0.3) is 0 Å². The normalized spacial score (nSPS) is 44.2. The van der Waals surface area contributed by atoms with E-state index in [2.05, 4.69) is 72.9 Å². The fourth-order valence-corrected chi connectivity index (χ4v) is 16.6.